The first-order valence-electron chi connectivity index (χ1n) is 9.52. The SMILES string of the molecule is CCCCNC1CC(C)(C)N(OC(C)c2ccccc2)C(C)(C)C1. The van der Waals surface area contributed by atoms with E-state index in [1.807, 2.05) is 0 Å². The van der Waals surface area contributed by atoms with Crippen molar-refractivity contribution < 1.29 is 4.84 Å². The van der Waals surface area contributed by atoms with E-state index in [0.717, 1.165) is 19.4 Å². The second-order valence-electron chi connectivity index (χ2n) is 8.49. The molecule has 1 atom stereocenters. The van der Waals surface area contributed by atoms with Crippen LogP contribution in [0.2, 0.25) is 0 Å². The predicted octanol–water partition coefficient (Wildman–Crippen LogP) is 5.09. The molecule has 0 aromatic heterocycles. The van der Waals surface area contributed by atoms with Gasteiger partial charge in [-0.15, -0.1) is 0 Å². The van der Waals surface area contributed by atoms with E-state index >= 15 is 0 Å². The highest BCUT2D eigenvalue weighted by Gasteiger charge is 2.47. The van der Waals surface area contributed by atoms with Gasteiger partial charge >= 0.3 is 0 Å². The molecule has 0 amide bonds. The lowest BCUT2D eigenvalue weighted by atomic mass is 9.79. The lowest BCUT2D eigenvalue weighted by molar-refractivity contribution is -0.306. The first kappa shape index (κ1) is 19.4. The van der Waals surface area contributed by atoms with Crippen LogP contribution in [0.5, 0.6) is 0 Å². The van der Waals surface area contributed by atoms with Crippen molar-refractivity contribution in [1.82, 2.24) is 10.4 Å². The van der Waals surface area contributed by atoms with E-state index in [0.29, 0.717) is 6.04 Å². The molecule has 136 valence electrons. The predicted molar refractivity (Wildman–Crippen MR) is 102 cm³/mol. The molecule has 1 aromatic carbocycles. The molecule has 1 aliphatic rings. The van der Waals surface area contributed by atoms with Crippen molar-refractivity contribution in [3.63, 3.8) is 0 Å². The third-order valence-electron chi connectivity index (χ3n) is 5.09. The highest BCUT2D eigenvalue weighted by molar-refractivity contribution is 5.17. The molecule has 1 fully saturated rings. The molecular weight excluding hydrogens is 296 g/mol. The van der Waals surface area contributed by atoms with Gasteiger partial charge in [0.1, 0.15) is 6.10 Å². The van der Waals surface area contributed by atoms with Gasteiger partial charge in [0.25, 0.3) is 0 Å². The minimum atomic E-state index is 0.00860. The Labute approximate surface area is 148 Å². The molecular formula is C21H36N2O. The second-order valence-corrected chi connectivity index (χ2v) is 8.49. The summed E-state index contributed by atoms with van der Waals surface area (Å²) in [5.74, 6) is 0. The zero-order valence-corrected chi connectivity index (χ0v) is 16.4. The fraction of sp³-hybridized carbons (Fsp3) is 0.714. The summed E-state index contributed by atoms with van der Waals surface area (Å²) in [4.78, 5) is 6.49. The van der Waals surface area contributed by atoms with Gasteiger partial charge < -0.3 is 5.32 Å². The Morgan fingerprint density at radius 1 is 1.12 bits per heavy atom. The van der Waals surface area contributed by atoms with Crippen LogP contribution < -0.4 is 5.32 Å². The Hall–Kier alpha value is -0.900. The molecule has 1 aromatic rings. The molecule has 0 radical (unpaired) electrons. The molecule has 1 saturated heterocycles. The summed E-state index contributed by atoms with van der Waals surface area (Å²) in [6, 6.07) is 11.1. The Kier molecular flexibility index (Phi) is 6.46. The van der Waals surface area contributed by atoms with Crippen molar-refractivity contribution >= 4 is 0 Å². The maximum atomic E-state index is 6.49. The Bertz CT molecular complexity index is 480. The van der Waals surface area contributed by atoms with Gasteiger partial charge in [-0.2, -0.15) is 5.06 Å². The zero-order valence-electron chi connectivity index (χ0n) is 16.4. The summed E-state index contributed by atoms with van der Waals surface area (Å²) in [5, 5.41) is 6.02. The number of piperidine rings is 1. The van der Waals surface area contributed by atoms with Crippen LogP contribution in [0.4, 0.5) is 0 Å². The van der Waals surface area contributed by atoms with Crippen LogP contribution in [0, 0.1) is 0 Å². The van der Waals surface area contributed by atoms with E-state index in [9.17, 15) is 0 Å². The number of hydrogen-bond donors (Lipinski definition) is 1. The van der Waals surface area contributed by atoms with Crippen LogP contribution in [0.3, 0.4) is 0 Å². The zero-order chi connectivity index (χ0) is 17.8. The molecule has 2 rings (SSSR count). The first-order valence-corrected chi connectivity index (χ1v) is 9.52. The largest absolute Gasteiger partial charge is 0.314 e. The number of hydroxylamine groups is 2. The van der Waals surface area contributed by atoms with Crippen molar-refractivity contribution in [2.75, 3.05) is 6.54 Å². The van der Waals surface area contributed by atoms with Crippen molar-refractivity contribution in [3.05, 3.63) is 35.9 Å². The molecule has 0 saturated carbocycles. The second kappa shape index (κ2) is 7.99. The minimum absolute atomic E-state index is 0.00860. The molecule has 0 bridgehead atoms. The fourth-order valence-electron chi connectivity index (χ4n) is 4.12. The van der Waals surface area contributed by atoms with Gasteiger partial charge in [0, 0.05) is 17.1 Å². The number of nitrogens with zero attached hydrogens (tertiary/aromatic N) is 1. The molecule has 1 heterocycles. The molecule has 24 heavy (non-hydrogen) atoms. The standard InChI is InChI=1S/C21H36N2O/c1-7-8-14-22-19-15-20(3,4)23(21(5,6)16-19)24-17(2)18-12-10-9-11-13-18/h9-13,17,19,22H,7-8,14-16H2,1-6H3. The van der Waals surface area contributed by atoms with Crippen molar-refractivity contribution in [3.8, 4) is 0 Å². The molecule has 1 N–H and O–H groups in total. The Morgan fingerprint density at radius 3 is 2.25 bits per heavy atom. The summed E-state index contributed by atoms with van der Waals surface area (Å²) in [5.41, 5.74) is 1.25. The molecule has 0 aliphatic carbocycles. The summed E-state index contributed by atoms with van der Waals surface area (Å²) in [6.07, 6.45) is 4.79. The summed E-state index contributed by atoms with van der Waals surface area (Å²) in [7, 11) is 0. The molecule has 1 aliphatic heterocycles. The summed E-state index contributed by atoms with van der Waals surface area (Å²) in [6.45, 7) is 14.7. The molecule has 3 heteroatoms. The molecule has 3 nitrogen and oxygen atoms in total. The highest BCUT2D eigenvalue weighted by atomic mass is 16.7. The van der Waals surface area contributed by atoms with E-state index in [4.69, 9.17) is 4.84 Å². The normalized spacial score (nSPS) is 22.4. The van der Waals surface area contributed by atoms with Crippen LogP contribution in [0.15, 0.2) is 30.3 Å². The van der Waals surface area contributed by atoms with E-state index < -0.39 is 0 Å². The van der Waals surface area contributed by atoms with Crippen LogP contribution in [0.25, 0.3) is 0 Å². The van der Waals surface area contributed by atoms with Crippen LogP contribution in [-0.2, 0) is 4.84 Å². The third kappa shape index (κ3) is 4.81. The number of hydrogen-bond acceptors (Lipinski definition) is 3. The highest BCUT2D eigenvalue weighted by Crippen LogP contribution is 2.40. The van der Waals surface area contributed by atoms with Gasteiger partial charge in [-0.05, 0) is 66.0 Å². The monoisotopic (exact) mass is 332 g/mol. The molecule has 0 spiro atoms. The van der Waals surface area contributed by atoms with E-state index in [2.05, 4.69) is 82.3 Å². The van der Waals surface area contributed by atoms with Gasteiger partial charge in [0.2, 0.25) is 0 Å². The van der Waals surface area contributed by atoms with Crippen LogP contribution >= 0.6 is 0 Å². The Morgan fingerprint density at radius 2 is 1.71 bits per heavy atom. The average molecular weight is 333 g/mol. The first-order chi connectivity index (χ1) is 11.3. The summed E-state index contributed by atoms with van der Waals surface area (Å²) < 4.78 is 0. The van der Waals surface area contributed by atoms with Crippen molar-refractivity contribution in [2.45, 2.75) is 90.4 Å². The smallest absolute Gasteiger partial charge is 0.102 e. The third-order valence-corrected chi connectivity index (χ3v) is 5.09. The number of unbranched alkanes of at least 4 members (excludes halogenated alkanes) is 1. The number of rotatable bonds is 7. The maximum absolute atomic E-state index is 6.49. The van der Waals surface area contributed by atoms with Crippen molar-refractivity contribution in [2.24, 2.45) is 0 Å². The minimum Gasteiger partial charge on any atom is -0.314 e. The van der Waals surface area contributed by atoms with Crippen LogP contribution in [0.1, 0.15) is 78.9 Å². The Balaban J connectivity index is 2.06. The number of nitrogens with one attached hydrogen (secondary N) is 1. The van der Waals surface area contributed by atoms with Gasteiger partial charge in [0.05, 0.1) is 0 Å². The quantitative estimate of drug-likeness (QED) is 0.704. The summed E-state index contributed by atoms with van der Waals surface area (Å²) >= 11 is 0. The van der Waals surface area contributed by atoms with Gasteiger partial charge in [-0.25, -0.2) is 0 Å². The van der Waals surface area contributed by atoms with E-state index in [1.165, 1.54) is 18.4 Å². The van der Waals surface area contributed by atoms with Gasteiger partial charge in [-0.1, -0.05) is 43.7 Å². The maximum Gasteiger partial charge on any atom is 0.102 e. The number of benzene rings is 1. The lowest BCUT2D eigenvalue weighted by Crippen LogP contribution is -2.63. The van der Waals surface area contributed by atoms with Gasteiger partial charge in [0.15, 0.2) is 0 Å². The topological polar surface area (TPSA) is 24.5 Å². The van der Waals surface area contributed by atoms with Gasteiger partial charge in [-0.3, -0.25) is 4.84 Å². The fourth-order valence-corrected chi connectivity index (χ4v) is 4.12. The van der Waals surface area contributed by atoms with E-state index in [-0.39, 0.29) is 17.2 Å². The van der Waals surface area contributed by atoms with Crippen LogP contribution in [-0.4, -0.2) is 28.7 Å². The van der Waals surface area contributed by atoms with Crippen molar-refractivity contribution in [1.29, 1.82) is 0 Å². The average Bonchev–Trinajstić information content (AvgIpc) is 2.51. The molecule has 1 unspecified atom stereocenters. The lowest BCUT2D eigenvalue weighted by Gasteiger charge is -2.54. The van der Waals surface area contributed by atoms with E-state index in [1.54, 1.807) is 0 Å².